The minimum atomic E-state index is -3.84. The highest BCUT2D eigenvalue weighted by atomic mass is 35.5. The number of nitrogens with one attached hydrogen (secondary N) is 1. The number of carbonyl (C=O) groups excluding carboxylic acids is 2. The van der Waals surface area contributed by atoms with Gasteiger partial charge in [0.1, 0.15) is 16.7 Å². The summed E-state index contributed by atoms with van der Waals surface area (Å²) in [6, 6.07) is 8.70. The summed E-state index contributed by atoms with van der Waals surface area (Å²) >= 11 is 6.16. The summed E-state index contributed by atoms with van der Waals surface area (Å²) < 4.78 is 38.2. The Labute approximate surface area is 197 Å². The fraction of sp³-hybridized carbons (Fsp3) is 0.364. The first kappa shape index (κ1) is 23.5. The molecule has 0 radical (unpaired) electrons. The normalized spacial score (nSPS) is 19.7. The number of methoxy groups -OCH3 is 1. The van der Waals surface area contributed by atoms with Crippen molar-refractivity contribution in [1.29, 1.82) is 0 Å². The molecule has 0 spiro atoms. The maximum atomic E-state index is 13.2. The van der Waals surface area contributed by atoms with Gasteiger partial charge in [0, 0.05) is 23.8 Å². The van der Waals surface area contributed by atoms with Gasteiger partial charge in [0.05, 0.1) is 32.4 Å². The quantitative estimate of drug-likeness (QED) is 0.616. The number of benzene rings is 2. The Morgan fingerprint density at radius 2 is 1.85 bits per heavy atom. The van der Waals surface area contributed by atoms with Gasteiger partial charge in [-0.3, -0.25) is 9.59 Å². The molecule has 2 aliphatic rings. The molecule has 0 unspecified atom stereocenters. The number of sulfonamides is 1. The summed E-state index contributed by atoms with van der Waals surface area (Å²) in [5.41, 5.74) is 1.62. The first-order valence-electron chi connectivity index (χ1n) is 10.4. The van der Waals surface area contributed by atoms with Crippen LogP contribution in [0.2, 0.25) is 5.02 Å². The van der Waals surface area contributed by atoms with Gasteiger partial charge >= 0.3 is 0 Å². The topological polar surface area (TPSA) is 105 Å². The Hall–Kier alpha value is -2.66. The highest BCUT2D eigenvalue weighted by molar-refractivity contribution is 7.89. The van der Waals surface area contributed by atoms with E-state index in [2.05, 4.69) is 5.32 Å². The number of anilines is 2. The largest absolute Gasteiger partial charge is 0.495 e. The van der Waals surface area contributed by atoms with Crippen LogP contribution in [0.3, 0.4) is 0 Å². The molecular formula is C22H24ClN3O6S. The molecule has 11 heteroatoms. The van der Waals surface area contributed by atoms with Gasteiger partial charge in [0.25, 0.3) is 5.91 Å². The monoisotopic (exact) mass is 493 g/mol. The number of ether oxygens (including phenoxy) is 2. The molecule has 176 valence electrons. The van der Waals surface area contributed by atoms with Crippen LogP contribution >= 0.6 is 11.6 Å². The Kier molecular flexibility index (Phi) is 6.62. The van der Waals surface area contributed by atoms with Crippen molar-refractivity contribution in [2.45, 2.75) is 24.3 Å². The predicted molar refractivity (Wildman–Crippen MR) is 123 cm³/mol. The van der Waals surface area contributed by atoms with E-state index in [4.69, 9.17) is 21.1 Å². The van der Waals surface area contributed by atoms with E-state index in [-0.39, 0.29) is 36.1 Å². The van der Waals surface area contributed by atoms with E-state index < -0.39 is 22.0 Å². The molecule has 0 aliphatic carbocycles. The Morgan fingerprint density at radius 3 is 2.52 bits per heavy atom. The molecule has 0 bridgehead atoms. The van der Waals surface area contributed by atoms with Crippen molar-refractivity contribution in [3.63, 3.8) is 0 Å². The van der Waals surface area contributed by atoms with Gasteiger partial charge in [-0.05, 0) is 42.8 Å². The van der Waals surface area contributed by atoms with Gasteiger partial charge in [0.15, 0.2) is 0 Å². The van der Waals surface area contributed by atoms with Crippen LogP contribution in [0.4, 0.5) is 11.4 Å². The fourth-order valence-electron chi connectivity index (χ4n) is 3.83. The number of hydrogen-bond acceptors (Lipinski definition) is 7. The SMILES string of the molecule is COc1ccc(N[C@@H]2CC(=O)N(c3ccc(C)c(Cl)c3)C2=O)cc1S(=O)(=O)N1CCOCC1. The molecule has 2 amide bonds. The lowest BCUT2D eigenvalue weighted by Crippen LogP contribution is -2.40. The van der Waals surface area contributed by atoms with Crippen LogP contribution in [0.5, 0.6) is 5.75 Å². The number of rotatable bonds is 6. The summed E-state index contributed by atoms with van der Waals surface area (Å²) in [7, 11) is -2.44. The van der Waals surface area contributed by atoms with Gasteiger partial charge in [-0.2, -0.15) is 4.31 Å². The minimum absolute atomic E-state index is 0.0177. The van der Waals surface area contributed by atoms with E-state index in [0.29, 0.717) is 29.6 Å². The number of nitrogens with zero attached hydrogens (tertiary/aromatic N) is 2. The van der Waals surface area contributed by atoms with E-state index in [1.54, 1.807) is 24.3 Å². The smallest absolute Gasteiger partial charge is 0.256 e. The Morgan fingerprint density at radius 1 is 1.12 bits per heavy atom. The summed E-state index contributed by atoms with van der Waals surface area (Å²) in [5.74, 6) is -0.614. The molecule has 33 heavy (non-hydrogen) atoms. The first-order valence-corrected chi connectivity index (χ1v) is 12.2. The van der Waals surface area contributed by atoms with Crippen molar-refractivity contribution >= 4 is 44.8 Å². The average Bonchev–Trinajstić information content (AvgIpc) is 3.09. The van der Waals surface area contributed by atoms with Crippen LogP contribution in [-0.2, 0) is 24.3 Å². The second-order valence-electron chi connectivity index (χ2n) is 7.78. The van der Waals surface area contributed by atoms with Crippen molar-refractivity contribution < 1.29 is 27.5 Å². The molecule has 2 saturated heterocycles. The maximum Gasteiger partial charge on any atom is 0.256 e. The molecule has 2 aromatic carbocycles. The van der Waals surface area contributed by atoms with Gasteiger partial charge < -0.3 is 14.8 Å². The molecular weight excluding hydrogens is 470 g/mol. The second-order valence-corrected chi connectivity index (χ2v) is 10.1. The zero-order valence-corrected chi connectivity index (χ0v) is 19.8. The van der Waals surface area contributed by atoms with Crippen LogP contribution in [0.15, 0.2) is 41.3 Å². The maximum absolute atomic E-state index is 13.2. The van der Waals surface area contributed by atoms with Crippen LogP contribution in [-0.4, -0.2) is 64.0 Å². The van der Waals surface area contributed by atoms with E-state index in [0.717, 1.165) is 10.5 Å². The second kappa shape index (κ2) is 9.30. The van der Waals surface area contributed by atoms with Crippen LogP contribution in [0.1, 0.15) is 12.0 Å². The number of hydrogen-bond donors (Lipinski definition) is 1. The van der Waals surface area contributed by atoms with E-state index in [9.17, 15) is 18.0 Å². The van der Waals surface area contributed by atoms with Gasteiger partial charge in [0.2, 0.25) is 15.9 Å². The molecule has 0 saturated carbocycles. The van der Waals surface area contributed by atoms with E-state index in [1.807, 2.05) is 6.92 Å². The van der Waals surface area contributed by atoms with Crippen LogP contribution < -0.4 is 15.0 Å². The van der Waals surface area contributed by atoms with Crippen molar-refractivity contribution in [2.24, 2.45) is 0 Å². The average molecular weight is 494 g/mol. The molecule has 2 aliphatic heterocycles. The van der Waals surface area contributed by atoms with Crippen molar-refractivity contribution in [1.82, 2.24) is 4.31 Å². The van der Waals surface area contributed by atoms with Gasteiger partial charge in [-0.1, -0.05) is 17.7 Å². The molecule has 2 heterocycles. The van der Waals surface area contributed by atoms with Crippen molar-refractivity contribution in [3.8, 4) is 5.75 Å². The number of carbonyl (C=O) groups is 2. The molecule has 2 fully saturated rings. The predicted octanol–water partition coefficient (Wildman–Crippen LogP) is 2.42. The third kappa shape index (κ3) is 4.56. The highest BCUT2D eigenvalue weighted by Gasteiger charge is 2.40. The number of halogens is 1. The lowest BCUT2D eigenvalue weighted by Gasteiger charge is -2.27. The summed E-state index contributed by atoms with van der Waals surface area (Å²) in [5, 5.41) is 3.46. The number of amides is 2. The van der Waals surface area contributed by atoms with Crippen molar-refractivity contribution in [3.05, 3.63) is 47.0 Å². The van der Waals surface area contributed by atoms with E-state index in [1.165, 1.54) is 23.5 Å². The summed E-state index contributed by atoms with van der Waals surface area (Å²) in [6.45, 7) is 2.95. The standard InChI is InChI=1S/C22H24ClN3O6S/c1-14-3-5-16(12-17(14)23)26-21(27)13-18(22(26)28)24-15-4-6-19(31-2)20(11-15)33(29,30)25-7-9-32-10-8-25/h3-6,11-12,18,24H,7-10,13H2,1-2H3/t18-/m1/s1. The Bertz CT molecular complexity index is 1200. The molecule has 4 rings (SSSR count). The molecule has 1 N–H and O–H groups in total. The van der Waals surface area contributed by atoms with Crippen molar-refractivity contribution in [2.75, 3.05) is 43.6 Å². The number of aryl methyl sites for hydroxylation is 1. The number of morpholine rings is 1. The lowest BCUT2D eigenvalue weighted by molar-refractivity contribution is -0.121. The zero-order chi connectivity index (χ0) is 23.8. The van der Waals surface area contributed by atoms with Gasteiger partial charge in [-0.25, -0.2) is 13.3 Å². The zero-order valence-electron chi connectivity index (χ0n) is 18.2. The first-order chi connectivity index (χ1) is 15.7. The Balaban J connectivity index is 1.59. The third-order valence-electron chi connectivity index (χ3n) is 5.65. The number of imide groups is 1. The molecule has 0 aromatic heterocycles. The molecule has 9 nitrogen and oxygen atoms in total. The van der Waals surface area contributed by atoms with Crippen LogP contribution in [0, 0.1) is 6.92 Å². The fourth-order valence-corrected chi connectivity index (χ4v) is 5.60. The summed E-state index contributed by atoms with van der Waals surface area (Å²) in [6.07, 6.45) is -0.0676. The molecule has 1 atom stereocenters. The minimum Gasteiger partial charge on any atom is -0.495 e. The highest BCUT2D eigenvalue weighted by Crippen LogP contribution is 2.32. The third-order valence-corrected chi connectivity index (χ3v) is 7.98. The summed E-state index contributed by atoms with van der Waals surface area (Å²) in [4.78, 5) is 26.7. The van der Waals surface area contributed by atoms with E-state index >= 15 is 0 Å². The van der Waals surface area contributed by atoms with Crippen LogP contribution in [0.25, 0.3) is 0 Å². The molecule has 2 aromatic rings. The van der Waals surface area contributed by atoms with Gasteiger partial charge in [-0.15, -0.1) is 0 Å². The lowest BCUT2D eigenvalue weighted by atomic mass is 10.2.